The molecular formula is C12H22N2O3. The molecule has 5 heteroatoms. The summed E-state index contributed by atoms with van der Waals surface area (Å²) in [6.45, 7) is 4.21. The predicted octanol–water partition coefficient (Wildman–Crippen LogP) is 0.699. The molecule has 1 heterocycles. The predicted molar refractivity (Wildman–Crippen MR) is 64.7 cm³/mol. The Hall–Kier alpha value is -1.10. The Morgan fingerprint density at radius 3 is 2.35 bits per heavy atom. The Morgan fingerprint density at radius 2 is 1.94 bits per heavy atom. The van der Waals surface area contributed by atoms with E-state index < -0.39 is 11.4 Å². The van der Waals surface area contributed by atoms with Crippen LogP contribution in [0.25, 0.3) is 0 Å². The van der Waals surface area contributed by atoms with Gasteiger partial charge in [-0.1, -0.05) is 6.92 Å². The van der Waals surface area contributed by atoms with Crippen LogP contribution in [0.1, 0.15) is 32.6 Å². The summed E-state index contributed by atoms with van der Waals surface area (Å²) in [6, 6.07) is 0. The van der Waals surface area contributed by atoms with Gasteiger partial charge in [0.25, 0.3) is 0 Å². The highest BCUT2D eigenvalue weighted by molar-refractivity contribution is 5.76. The largest absolute Gasteiger partial charge is 0.481 e. The van der Waals surface area contributed by atoms with Crippen molar-refractivity contribution in [3.8, 4) is 0 Å². The highest BCUT2D eigenvalue weighted by Gasteiger charge is 2.39. The Balaban J connectivity index is 2.39. The minimum Gasteiger partial charge on any atom is -0.481 e. The Bertz CT molecular complexity index is 283. The number of aliphatic carboxylic acids is 1. The summed E-state index contributed by atoms with van der Waals surface area (Å²) >= 11 is 0. The van der Waals surface area contributed by atoms with Crippen molar-refractivity contribution in [2.24, 2.45) is 5.41 Å². The van der Waals surface area contributed by atoms with Crippen molar-refractivity contribution in [1.82, 2.24) is 10.2 Å². The van der Waals surface area contributed by atoms with Crippen LogP contribution in [0, 0.1) is 5.41 Å². The van der Waals surface area contributed by atoms with Gasteiger partial charge in [0.1, 0.15) is 0 Å². The van der Waals surface area contributed by atoms with E-state index in [0.29, 0.717) is 25.7 Å². The SMILES string of the molecule is CCC1(C(=O)O)CCN(CCC(=O)NC)CC1. The van der Waals surface area contributed by atoms with Gasteiger partial charge in [-0.15, -0.1) is 0 Å². The standard InChI is InChI=1S/C12H22N2O3/c1-3-12(11(16)17)5-8-14(9-6-12)7-4-10(15)13-2/h3-9H2,1-2H3,(H,13,15)(H,16,17). The second kappa shape index (κ2) is 6.00. The molecule has 0 atom stereocenters. The summed E-state index contributed by atoms with van der Waals surface area (Å²) in [4.78, 5) is 24.5. The number of carbonyl (C=O) groups is 2. The van der Waals surface area contributed by atoms with E-state index in [1.807, 2.05) is 6.92 Å². The molecule has 0 spiro atoms. The van der Waals surface area contributed by atoms with Crippen LogP contribution in [0.15, 0.2) is 0 Å². The summed E-state index contributed by atoms with van der Waals surface area (Å²) in [5.41, 5.74) is -0.538. The van der Waals surface area contributed by atoms with Crippen molar-refractivity contribution >= 4 is 11.9 Å². The minimum absolute atomic E-state index is 0.0376. The van der Waals surface area contributed by atoms with E-state index in [9.17, 15) is 14.7 Å². The van der Waals surface area contributed by atoms with Crippen LogP contribution in [0.4, 0.5) is 0 Å². The molecule has 0 bridgehead atoms. The lowest BCUT2D eigenvalue weighted by Gasteiger charge is -2.38. The first-order valence-corrected chi connectivity index (χ1v) is 6.20. The number of carbonyl (C=O) groups excluding carboxylic acids is 1. The van der Waals surface area contributed by atoms with Gasteiger partial charge in [0.2, 0.25) is 5.91 Å². The van der Waals surface area contributed by atoms with Gasteiger partial charge in [0.15, 0.2) is 0 Å². The maximum absolute atomic E-state index is 11.2. The van der Waals surface area contributed by atoms with Crippen molar-refractivity contribution in [2.75, 3.05) is 26.7 Å². The minimum atomic E-state index is -0.675. The van der Waals surface area contributed by atoms with E-state index in [4.69, 9.17) is 0 Å². The third kappa shape index (κ3) is 3.43. The van der Waals surface area contributed by atoms with Crippen LogP contribution in [0.5, 0.6) is 0 Å². The number of carboxylic acid groups (broad SMARTS) is 1. The zero-order valence-corrected chi connectivity index (χ0v) is 10.7. The molecule has 0 aromatic carbocycles. The first-order chi connectivity index (χ1) is 8.04. The van der Waals surface area contributed by atoms with E-state index in [0.717, 1.165) is 19.6 Å². The molecule has 0 aliphatic carbocycles. The van der Waals surface area contributed by atoms with Crippen LogP contribution >= 0.6 is 0 Å². The molecule has 0 aromatic heterocycles. The molecule has 1 saturated heterocycles. The number of piperidine rings is 1. The van der Waals surface area contributed by atoms with Gasteiger partial charge < -0.3 is 15.3 Å². The molecule has 5 nitrogen and oxygen atoms in total. The molecule has 2 N–H and O–H groups in total. The molecule has 1 aliphatic heterocycles. The summed E-state index contributed by atoms with van der Waals surface area (Å²) in [5.74, 6) is -0.637. The van der Waals surface area contributed by atoms with Crippen LogP contribution in [0.3, 0.4) is 0 Å². The van der Waals surface area contributed by atoms with Gasteiger partial charge in [0, 0.05) is 20.0 Å². The van der Waals surface area contributed by atoms with Crippen LogP contribution in [0.2, 0.25) is 0 Å². The molecule has 17 heavy (non-hydrogen) atoms. The van der Waals surface area contributed by atoms with E-state index in [1.54, 1.807) is 7.05 Å². The zero-order chi connectivity index (χ0) is 12.9. The average molecular weight is 242 g/mol. The Kier molecular flexibility index (Phi) is 4.93. The second-order valence-electron chi connectivity index (χ2n) is 4.70. The van der Waals surface area contributed by atoms with Crippen molar-refractivity contribution in [3.05, 3.63) is 0 Å². The summed E-state index contributed by atoms with van der Waals surface area (Å²) in [6.07, 6.45) is 2.55. The van der Waals surface area contributed by atoms with Gasteiger partial charge >= 0.3 is 5.97 Å². The highest BCUT2D eigenvalue weighted by Crippen LogP contribution is 2.34. The molecule has 0 unspecified atom stereocenters. The number of carboxylic acids is 1. The maximum Gasteiger partial charge on any atom is 0.309 e. The molecule has 1 amide bonds. The van der Waals surface area contributed by atoms with Crippen molar-refractivity contribution < 1.29 is 14.7 Å². The van der Waals surface area contributed by atoms with Crippen molar-refractivity contribution in [1.29, 1.82) is 0 Å². The second-order valence-corrected chi connectivity index (χ2v) is 4.70. The Morgan fingerprint density at radius 1 is 1.35 bits per heavy atom. The topological polar surface area (TPSA) is 69.6 Å². The van der Waals surface area contributed by atoms with Gasteiger partial charge in [-0.05, 0) is 32.4 Å². The van der Waals surface area contributed by atoms with E-state index in [-0.39, 0.29) is 5.91 Å². The van der Waals surface area contributed by atoms with Crippen molar-refractivity contribution in [2.45, 2.75) is 32.6 Å². The molecule has 1 fully saturated rings. The number of amides is 1. The average Bonchev–Trinajstić information content (AvgIpc) is 2.36. The van der Waals surface area contributed by atoms with Crippen molar-refractivity contribution in [3.63, 3.8) is 0 Å². The lowest BCUT2D eigenvalue weighted by molar-refractivity contribution is -0.152. The number of hydrogen-bond donors (Lipinski definition) is 2. The third-order valence-electron chi connectivity index (χ3n) is 3.88. The van der Waals surface area contributed by atoms with Gasteiger partial charge in [-0.2, -0.15) is 0 Å². The number of rotatable bonds is 5. The number of nitrogens with one attached hydrogen (secondary N) is 1. The van der Waals surface area contributed by atoms with E-state index in [1.165, 1.54) is 0 Å². The van der Waals surface area contributed by atoms with E-state index in [2.05, 4.69) is 10.2 Å². The third-order valence-corrected chi connectivity index (χ3v) is 3.88. The fourth-order valence-electron chi connectivity index (χ4n) is 2.31. The van der Waals surface area contributed by atoms with Gasteiger partial charge in [0.05, 0.1) is 5.41 Å². The highest BCUT2D eigenvalue weighted by atomic mass is 16.4. The molecule has 1 aliphatic rings. The normalized spacial score (nSPS) is 19.9. The number of likely N-dealkylation sites (tertiary alicyclic amines) is 1. The number of hydrogen-bond acceptors (Lipinski definition) is 3. The molecule has 1 rings (SSSR count). The van der Waals surface area contributed by atoms with Crippen LogP contribution in [-0.2, 0) is 9.59 Å². The van der Waals surface area contributed by atoms with Gasteiger partial charge in [-0.3, -0.25) is 9.59 Å². The first-order valence-electron chi connectivity index (χ1n) is 6.20. The smallest absolute Gasteiger partial charge is 0.309 e. The van der Waals surface area contributed by atoms with Crippen LogP contribution in [-0.4, -0.2) is 48.6 Å². The lowest BCUT2D eigenvalue weighted by Crippen LogP contribution is -2.44. The first kappa shape index (κ1) is 14.0. The Labute approximate surface area is 102 Å². The molecular weight excluding hydrogens is 220 g/mol. The summed E-state index contributed by atoms with van der Waals surface area (Å²) in [5, 5.41) is 11.8. The van der Waals surface area contributed by atoms with E-state index >= 15 is 0 Å². The monoisotopic (exact) mass is 242 g/mol. The lowest BCUT2D eigenvalue weighted by atomic mass is 9.76. The molecule has 0 saturated carbocycles. The van der Waals surface area contributed by atoms with Gasteiger partial charge in [-0.25, -0.2) is 0 Å². The fourth-order valence-corrected chi connectivity index (χ4v) is 2.31. The zero-order valence-electron chi connectivity index (χ0n) is 10.7. The van der Waals surface area contributed by atoms with Crippen LogP contribution < -0.4 is 5.32 Å². The quantitative estimate of drug-likeness (QED) is 0.744. The summed E-state index contributed by atoms with van der Waals surface area (Å²) in [7, 11) is 1.63. The molecule has 0 aromatic rings. The number of nitrogens with zero attached hydrogens (tertiary/aromatic N) is 1. The fraction of sp³-hybridized carbons (Fsp3) is 0.833. The molecule has 98 valence electrons. The molecule has 0 radical (unpaired) electrons. The maximum atomic E-state index is 11.2. The summed E-state index contributed by atoms with van der Waals surface area (Å²) < 4.78 is 0.